The normalized spacial score (nSPS) is 10.3. The van der Waals surface area contributed by atoms with Crippen molar-refractivity contribution < 1.29 is 4.79 Å². The van der Waals surface area contributed by atoms with E-state index in [0.29, 0.717) is 16.3 Å². The Kier molecular flexibility index (Phi) is 4.29. The highest BCUT2D eigenvalue weighted by Crippen LogP contribution is 2.24. The lowest BCUT2D eigenvalue weighted by Crippen LogP contribution is -2.12. The summed E-state index contributed by atoms with van der Waals surface area (Å²) < 4.78 is 0.797. The third-order valence-electron chi connectivity index (χ3n) is 2.30. The summed E-state index contributed by atoms with van der Waals surface area (Å²) in [5, 5.41) is 3.27. The molecule has 0 bridgehead atoms. The van der Waals surface area contributed by atoms with Gasteiger partial charge in [-0.25, -0.2) is 4.98 Å². The highest BCUT2D eigenvalue weighted by molar-refractivity contribution is 9.10. The van der Waals surface area contributed by atoms with Gasteiger partial charge in [-0.05, 0) is 24.3 Å². The molecule has 1 aromatic heterocycles. The van der Waals surface area contributed by atoms with Gasteiger partial charge in [0.2, 0.25) is 0 Å². The van der Waals surface area contributed by atoms with Crippen LogP contribution in [0.1, 0.15) is 10.4 Å². The average Bonchev–Trinajstić information content (AvgIpc) is 2.33. The van der Waals surface area contributed by atoms with Gasteiger partial charge in [-0.1, -0.05) is 39.1 Å². The average molecular weight is 361 g/mol. The minimum absolute atomic E-state index is 0.210. The van der Waals surface area contributed by atoms with Crippen molar-refractivity contribution in [2.24, 2.45) is 0 Å². The van der Waals surface area contributed by atoms with Gasteiger partial charge in [-0.2, -0.15) is 0 Å². The van der Waals surface area contributed by atoms with Gasteiger partial charge in [0.25, 0.3) is 5.91 Å². The number of carbonyl (C=O) groups excluding carboxylic acids is 1. The summed E-state index contributed by atoms with van der Waals surface area (Å²) in [7, 11) is 0. The van der Waals surface area contributed by atoms with Crippen molar-refractivity contribution in [3.8, 4) is 0 Å². The minimum Gasteiger partial charge on any atom is -0.382 e. The number of nitrogens with zero attached hydrogens (tertiary/aromatic N) is 1. The Bertz CT molecular complexity index is 649. The Hall–Kier alpha value is -1.30. The molecule has 1 amide bonds. The number of amides is 1. The summed E-state index contributed by atoms with van der Waals surface area (Å²) in [4.78, 5) is 15.9. The van der Waals surface area contributed by atoms with Gasteiger partial charge in [0, 0.05) is 4.47 Å². The zero-order chi connectivity index (χ0) is 14.0. The fourth-order valence-corrected chi connectivity index (χ4v) is 2.31. The van der Waals surface area contributed by atoms with Crippen LogP contribution in [0.25, 0.3) is 0 Å². The fourth-order valence-electron chi connectivity index (χ4n) is 1.39. The van der Waals surface area contributed by atoms with E-state index in [0.717, 1.165) is 4.47 Å². The molecule has 98 valence electrons. The third-order valence-corrected chi connectivity index (χ3v) is 3.41. The Morgan fingerprint density at radius 2 is 2.00 bits per heavy atom. The van der Waals surface area contributed by atoms with E-state index in [-0.39, 0.29) is 16.7 Å². The van der Waals surface area contributed by atoms with Crippen LogP contribution in [0.5, 0.6) is 0 Å². The van der Waals surface area contributed by atoms with E-state index in [1.54, 1.807) is 18.2 Å². The second-order valence-corrected chi connectivity index (χ2v) is 5.40. The smallest absolute Gasteiger partial charge is 0.257 e. The van der Waals surface area contributed by atoms with Crippen LogP contribution in [-0.2, 0) is 0 Å². The maximum atomic E-state index is 12.0. The molecule has 0 saturated carbocycles. The van der Waals surface area contributed by atoms with Crippen molar-refractivity contribution in [3.63, 3.8) is 0 Å². The van der Waals surface area contributed by atoms with E-state index >= 15 is 0 Å². The number of halogens is 3. The van der Waals surface area contributed by atoms with Crippen molar-refractivity contribution in [1.29, 1.82) is 0 Å². The number of aromatic nitrogens is 1. The second kappa shape index (κ2) is 5.77. The van der Waals surface area contributed by atoms with Crippen LogP contribution in [0.15, 0.2) is 34.9 Å². The van der Waals surface area contributed by atoms with Gasteiger partial charge in [0.15, 0.2) is 0 Å². The predicted octanol–water partition coefficient (Wildman–Crippen LogP) is 3.99. The van der Waals surface area contributed by atoms with Crippen LogP contribution in [0, 0.1) is 0 Å². The second-order valence-electron chi connectivity index (χ2n) is 3.67. The molecule has 0 aliphatic rings. The van der Waals surface area contributed by atoms with Gasteiger partial charge in [0.05, 0.1) is 27.5 Å². The summed E-state index contributed by atoms with van der Waals surface area (Å²) in [6.07, 6.45) is 1.42. The predicted molar refractivity (Wildman–Crippen MR) is 80.8 cm³/mol. The van der Waals surface area contributed by atoms with Crippen LogP contribution in [-0.4, -0.2) is 10.9 Å². The summed E-state index contributed by atoms with van der Waals surface area (Å²) >= 11 is 15.1. The minimum atomic E-state index is -0.347. The van der Waals surface area contributed by atoms with E-state index in [1.165, 1.54) is 12.3 Å². The standard InChI is InChI=1S/C12H8BrCl2N3O/c13-6-1-2-8(9(14)3-6)12(19)18-7-4-10(15)11(16)17-5-7/h1-5H,(H2,16,17)(H,18,19). The van der Waals surface area contributed by atoms with Gasteiger partial charge in [-0.3, -0.25) is 4.79 Å². The number of carbonyl (C=O) groups is 1. The molecule has 19 heavy (non-hydrogen) atoms. The number of anilines is 2. The maximum Gasteiger partial charge on any atom is 0.257 e. The summed E-state index contributed by atoms with van der Waals surface area (Å²) in [6.45, 7) is 0. The fraction of sp³-hybridized carbons (Fsp3) is 0. The Balaban J connectivity index is 2.23. The number of rotatable bonds is 2. The molecule has 2 rings (SSSR count). The molecular weight excluding hydrogens is 353 g/mol. The van der Waals surface area contributed by atoms with Crippen molar-refractivity contribution in [2.45, 2.75) is 0 Å². The number of hydrogen-bond donors (Lipinski definition) is 2. The van der Waals surface area contributed by atoms with E-state index in [4.69, 9.17) is 28.9 Å². The number of pyridine rings is 1. The summed E-state index contributed by atoms with van der Waals surface area (Å²) in [5.74, 6) is -0.138. The highest BCUT2D eigenvalue weighted by atomic mass is 79.9. The number of benzene rings is 1. The van der Waals surface area contributed by atoms with Crippen molar-refractivity contribution >= 4 is 56.5 Å². The van der Waals surface area contributed by atoms with E-state index in [9.17, 15) is 4.79 Å². The highest BCUT2D eigenvalue weighted by Gasteiger charge is 2.11. The monoisotopic (exact) mass is 359 g/mol. The van der Waals surface area contributed by atoms with Crippen LogP contribution in [0.3, 0.4) is 0 Å². The molecule has 0 radical (unpaired) electrons. The first-order valence-electron chi connectivity index (χ1n) is 5.15. The van der Waals surface area contributed by atoms with Gasteiger partial charge < -0.3 is 11.1 Å². The van der Waals surface area contributed by atoms with Gasteiger partial charge in [-0.15, -0.1) is 0 Å². The molecule has 4 nitrogen and oxygen atoms in total. The quantitative estimate of drug-likeness (QED) is 0.850. The van der Waals surface area contributed by atoms with Crippen LogP contribution < -0.4 is 11.1 Å². The summed E-state index contributed by atoms with van der Waals surface area (Å²) in [5.41, 5.74) is 6.30. The molecule has 1 heterocycles. The Labute approximate surface area is 128 Å². The molecule has 3 N–H and O–H groups in total. The van der Waals surface area contributed by atoms with Crippen molar-refractivity contribution in [1.82, 2.24) is 4.98 Å². The Morgan fingerprint density at radius 3 is 2.63 bits per heavy atom. The number of nitrogens with one attached hydrogen (secondary N) is 1. The van der Waals surface area contributed by atoms with Crippen LogP contribution >= 0.6 is 39.1 Å². The SMILES string of the molecule is Nc1ncc(NC(=O)c2ccc(Br)cc2Cl)cc1Cl. The van der Waals surface area contributed by atoms with E-state index in [1.807, 2.05) is 0 Å². The molecule has 1 aromatic carbocycles. The number of nitrogen functional groups attached to an aromatic ring is 1. The van der Waals surface area contributed by atoms with E-state index in [2.05, 4.69) is 26.2 Å². The largest absolute Gasteiger partial charge is 0.382 e. The maximum absolute atomic E-state index is 12.0. The molecular formula is C12H8BrCl2N3O. The molecule has 0 spiro atoms. The molecule has 0 aliphatic heterocycles. The Morgan fingerprint density at radius 1 is 1.26 bits per heavy atom. The van der Waals surface area contributed by atoms with E-state index < -0.39 is 0 Å². The van der Waals surface area contributed by atoms with Crippen LogP contribution in [0.4, 0.5) is 11.5 Å². The first kappa shape index (κ1) is 14.1. The lowest BCUT2D eigenvalue weighted by atomic mass is 10.2. The third kappa shape index (κ3) is 3.37. The molecule has 0 atom stereocenters. The zero-order valence-electron chi connectivity index (χ0n) is 9.45. The van der Waals surface area contributed by atoms with Gasteiger partial charge in [0.1, 0.15) is 5.82 Å². The number of hydrogen-bond acceptors (Lipinski definition) is 3. The summed E-state index contributed by atoms with van der Waals surface area (Å²) in [6, 6.07) is 6.52. The molecule has 0 fully saturated rings. The van der Waals surface area contributed by atoms with Crippen molar-refractivity contribution in [3.05, 3.63) is 50.5 Å². The lowest BCUT2D eigenvalue weighted by Gasteiger charge is -2.07. The first-order chi connectivity index (χ1) is 8.97. The number of nitrogens with two attached hydrogens (primary N) is 1. The zero-order valence-corrected chi connectivity index (χ0v) is 12.6. The van der Waals surface area contributed by atoms with Crippen molar-refractivity contribution in [2.75, 3.05) is 11.1 Å². The molecule has 0 aliphatic carbocycles. The van der Waals surface area contributed by atoms with Crippen LogP contribution in [0.2, 0.25) is 10.0 Å². The lowest BCUT2D eigenvalue weighted by molar-refractivity contribution is 0.102. The molecule has 0 saturated heterocycles. The molecule has 0 unspecified atom stereocenters. The first-order valence-corrected chi connectivity index (χ1v) is 6.69. The topological polar surface area (TPSA) is 68.0 Å². The molecule has 7 heteroatoms. The van der Waals surface area contributed by atoms with Gasteiger partial charge >= 0.3 is 0 Å². The molecule has 2 aromatic rings.